The SMILES string of the molecule is Nc1ccc(C(=O)NC2CCCSC2)cc1O. The zero-order valence-electron chi connectivity index (χ0n) is 9.48. The molecule has 1 heterocycles. The van der Waals surface area contributed by atoms with Crippen molar-refractivity contribution in [1.82, 2.24) is 5.32 Å². The number of aromatic hydroxyl groups is 1. The number of phenolic OH excluding ortho intramolecular Hbond substituents is 1. The summed E-state index contributed by atoms with van der Waals surface area (Å²) in [5.74, 6) is 1.95. The Labute approximate surface area is 105 Å². The molecular weight excluding hydrogens is 236 g/mol. The Kier molecular flexibility index (Phi) is 3.78. The van der Waals surface area contributed by atoms with Crippen LogP contribution in [-0.4, -0.2) is 28.6 Å². The summed E-state index contributed by atoms with van der Waals surface area (Å²) in [4.78, 5) is 11.9. The molecule has 0 bridgehead atoms. The van der Waals surface area contributed by atoms with Crippen LogP contribution in [0.1, 0.15) is 23.2 Å². The van der Waals surface area contributed by atoms with Gasteiger partial charge in [-0.25, -0.2) is 0 Å². The largest absolute Gasteiger partial charge is 0.506 e. The molecule has 0 aromatic heterocycles. The second-order valence-electron chi connectivity index (χ2n) is 4.16. The van der Waals surface area contributed by atoms with Crippen LogP contribution in [0.4, 0.5) is 5.69 Å². The van der Waals surface area contributed by atoms with E-state index in [1.807, 2.05) is 11.8 Å². The van der Waals surface area contributed by atoms with E-state index in [0.29, 0.717) is 5.56 Å². The first-order valence-electron chi connectivity index (χ1n) is 5.64. The average Bonchev–Trinajstić information content (AvgIpc) is 2.34. The van der Waals surface area contributed by atoms with Gasteiger partial charge < -0.3 is 16.2 Å². The highest BCUT2D eigenvalue weighted by atomic mass is 32.2. The number of nitrogens with two attached hydrogens (primary N) is 1. The van der Waals surface area contributed by atoms with Gasteiger partial charge in [-0.05, 0) is 36.8 Å². The molecule has 5 heteroatoms. The van der Waals surface area contributed by atoms with Gasteiger partial charge in [-0.15, -0.1) is 0 Å². The van der Waals surface area contributed by atoms with Crippen molar-refractivity contribution in [3.63, 3.8) is 0 Å². The number of nitrogen functional groups attached to an aromatic ring is 1. The van der Waals surface area contributed by atoms with Crippen molar-refractivity contribution >= 4 is 23.4 Å². The van der Waals surface area contributed by atoms with E-state index in [1.54, 1.807) is 12.1 Å². The van der Waals surface area contributed by atoms with Crippen molar-refractivity contribution in [1.29, 1.82) is 0 Å². The molecule has 0 aliphatic carbocycles. The molecular formula is C12H16N2O2S. The van der Waals surface area contributed by atoms with Crippen molar-refractivity contribution in [2.24, 2.45) is 0 Å². The van der Waals surface area contributed by atoms with Gasteiger partial charge in [0.15, 0.2) is 0 Å². The van der Waals surface area contributed by atoms with Gasteiger partial charge >= 0.3 is 0 Å². The van der Waals surface area contributed by atoms with Crippen molar-refractivity contribution in [2.45, 2.75) is 18.9 Å². The molecule has 92 valence electrons. The number of rotatable bonds is 2. The van der Waals surface area contributed by atoms with Gasteiger partial charge in [-0.3, -0.25) is 4.79 Å². The first kappa shape index (κ1) is 12.1. The van der Waals surface area contributed by atoms with Crippen LogP contribution in [0.25, 0.3) is 0 Å². The van der Waals surface area contributed by atoms with Gasteiger partial charge in [-0.2, -0.15) is 11.8 Å². The minimum Gasteiger partial charge on any atom is -0.506 e. The minimum atomic E-state index is -0.146. The second kappa shape index (κ2) is 5.31. The zero-order valence-corrected chi connectivity index (χ0v) is 10.3. The summed E-state index contributed by atoms with van der Waals surface area (Å²) in [6, 6.07) is 4.81. The van der Waals surface area contributed by atoms with Crippen molar-refractivity contribution in [3.8, 4) is 5.75 Å². The first-order valence-corrected chi connectivity index (χ1v) is 6.79. The lowest BCUT2D eigenvalue weighted by atomic mass is 10.1. The molecule has 0 spiro atoms. The lowest BCUT2D eigenvalue weighted by molar-refractivity contribution is 0.0938. The lowest BCUT2D eigenvalue weighted by Gasteiger charge is -2.22. The van der Waals surface area contributed by atoms with Crippen LogP contribution in [0.5, 0.6) is 5.75 Å². The molecule has 1 amide bonds. The van der Waals surface area contributed by atoms with E-state index in [2.05, 4.69) is 5.32 Å². The fraction of sp³-hybridized carbons (Fsp3) is 0.417. The van der Waals surface area contributed by atoms with Gasteiger partial charge in [0.25, 0.3) is 5.91 Å². The van der Waals surface area contributed by atoms with E-state index in [9.17, 15) is 9.90 Å². The maximum Gasteiger partial charge on any atom is 0.251 e. The molecule has 4 N–H and O–H groups in total. The molecule has 0 radical (unpaired) electrons. The summed E-state index contributed by atoms with van der Waals surface area (Å²) in [6.07, 6.45) is 2.17. The number of phenols is 1. The summed E-state index contributed by atoms with van der Waals surface area (Å²) in [6.45, 7) is 0. The third-order valence-corrected chi connectivity index (χ3v) is 4.00. The molecule has 1 atom stereocenters. The fourth-order valence-corrected chi connectivity index (χ4v) is 2.88. The molecule has 2 rings (SSSR count). The van der Waals surface area contributed by atoms with Gasteiger partial charge in [0.05, 0.1) is 5.69 Å². The number of nitrogens with one attached hydrogen (secondary N) is 1. The Morgan fingerprint density at radius 3 is 3.00 bits per heavy atom. The molecule has 1 aliphatic heterocycles. The van der Waals surface area contributed by atoms with E-state index in [4.69, 9.17) is 5.73 Å². The van der Waals surface area contributed by atoms with Crippen LogP contribution in [0.2, 0.25) is 0 Å². The summed E-state index contributed by atoms with van der Waals surface area (Å²) in [5.41, 5.74) is 6.23. The molecule has 1 fully saturated rings. The van der Waals surface area contributed by atoms with Crippen molar-refractivity contribution < 1.29 is 9.90 Å². The highest BCUT2D eigenvalue weighted by Crippen LogP contribution is 2.21. The quantitative estimate of drug-likeness (QED) is 0.552. The van der Waals surface area contributed by atoms with Crippen molar-refractivity contribution in [3.05, 3.63) is 23.8 Å². The zero-order chi connectivity index (χ0) is 12.3. The standard InChI is InChI=1S/C12H16N2O2S/c13-10-4-3-8(6-11(10)15)12(16)14-9-2-1-5-17-7-9/h3-4,6,9,15H,1-2,5,7,13H2,(H,14,16). The Morgan fingerprint density at radius 2 is 2.35 bits per heavy atom. The Bertz CT molecular complexity index is 417. The van der Waals surface area contributed by atoms with Crippen LogP contribution in [0.15, 0.2) is 18.2 Å². The van der Waals surface area contributed by atoms with Gasteiger partial charge in [0, 0.05) is 17.4 Å². The number of benzene rings is 1. The van der Waals surface area contributed by atoms with Crippen LogP contribution in [0.3, 0.4) is 0 Å². The summed E-state index contributed by atoms with van der Waals surface area (Å²) in [7, 11) is 0. The third kappa shape index (κ3) is 3.06. The minimum absolute atomic E-state index is 0.0457. The molecule has 17 heavy (non-hydrogen) atoms. The Morgan fingerprint density at radius 1 is 1.53 bits per heavy atom. The summed E-state index contributed by atoms with van der Waals surface area (Å²) in [5, 5.41) is 12.4. The molecule has 4 nitrogen and oxygen atoms in total. The van der Waals surface area contributed by atoms with E-state index < -0.39 is 0 Å². The predicted octanol–water partition coefficient (Wildman–Crippen LogP) is 1.60. The lowest BCUT2D eigenvalue weighted by Crippen LogP contribution is -2.38. The number of hydrogen-bond acceptors (Lipinski definition) is 4. The normalized spacial score (nSPS) is 19.9. The maximum atomic E-state index is 11.9. The molecule has 0 saturated carbocycles. The number of hydrogen-bond donors (Lipinski definition) is 3. The molecule has 1 aromatic rings. The Balaban J connectivity index is 2.01. The number of anilines is 1. The molecule has 1 aliphatic rings. The monoisotopic (exact) mass is 252 g/mol. The molecule has 1 saturated heterocycles. The van der Waals surface area contributed by atoms with E-state index in [-0.39, 0.29) is 23.4 Å². The van der Waals surface area contributed by atoms with E-state index >= 15 is 0 Å². The van der Waals surface area contributed by atoms with Crippen LogP contribution >= 0.6 is 11.8 Å². The third-order valence-electron chi connectivity index (χ3n) is 2.79. The Hall–Kier alpha value is -1.36. The fourth-order valence-electron chi connectivity index (χ4n) is 1.81. The van der Waals surface area contributed by atoms with Gasteiger partial charge in [0.1, 0.15) is 5.75 Å². The number of thioether (sulfide) groups is 1. The summed E-state index contributed by atoms with van der Waals surface area (Å²) < 4.78 is 0. The van der Waals surface area contributed by atoms with Crippen LogP contribution < -0.4 is 11.1 Å². The molecule has 1 aromatic carbocycles. The van der Waals surface area contributed by atoms with Gasteiger partial charge in [0.2, 0.25) is 0 Å². The van der Waals surface area contributed by atoms with Crippen LogP contribution in [0, 0.1) is 0 Å². The number of carbonyl (C=O) groups is 1. The highest BCUT2D eigenvalue weighted by Gasteiger charge is 2.17. The smallest absolute Gasteiger partial charge is 0.251 e. The highest BCUT2D eigenvalue weighted by molar-refractivity contribution is 7.99. The first-order chi connectivity index (χ1) is 8.16. The summed E-state index contributed by atoms with van der Waals surface area (Å²) >= 11 is 1.86. The molecule has 1 unspecified atom stereocenters. The van der Waals surface area contributed by atoms with Crippen molar-refractivity contribution in [2.75, 3.05) is 17.2 Å². The maximum absolute atomic E-state index is 11.9. The van der Waals surface area contributed by atoms with E-state index in [1.165, 1.54) is 11.8 Å². The number of amides is 1. The average molecular weight is 252 g/mol. The second-order valence-corrected chi connectivity index (χ2v) is 5.31. The van der Waals surface area contributed by atoms with E-state index in [0.717, 1.165) is 18.6 Å². The topological polar surface area (TPSA) is 75.4 Å². The predicted molar refractivity (Wildman–Crippen MR) is 70.3 cm³/mol. The van der Waals surface area contributed by atoms with Crippen LogP contribution in [-0.2, 0) is 0 Å². The van der Waals surface area contributed by atoms with Gasteiger partial charge in [-0.1, -0.05) is 0 Å². The number of carbonyl (C=O) groups excluding carboxylic acids is 1.